The summed E-state index contributed by atoms with van der Waals surface area (Å²) in [5.74, 6) is -0.651. The zero-order valence-electron chi connectivity index (χ0n) is 16.8. The van der Waals surface area contributed by atoms with Crippen LogP contribution in [0.3, 0.4) is 0 Å². The van der Waals surface area contributed by atoms with Crippen molar-refractivity contribution in [1.82, 2.24) is 4.57 Å². The number of allylic oxidation sites excluding steroid dienone is 1. The van der Waals surface area contributed by atoms with Gasteiger partial charge in [0.2, 0.25) is 17.1 Å². The number of oxazole rings is 1. The fraction of sp³-hybridized carbons (Fsp3) is 0.318. The summed E-state index contributed by atoms with van der Waals surface area (Å²) in [5.41, 5.74) is 8.80. The van der Waals surface area contributed by atoms with Gasteiger partial charge in [0.1, 0.15) is 5.52 Å². The van der Waals surface area contributed by atoms with Crippen molar-refractivity contribution in [2.24, 2.45) is 0 Å². The molecule has 0 saturated carbocycles. The lowest BCUT2D eigenvalue weighted by Gasteiger charge is -2.25. The number of ether oxygens (including phenoxy) is 2. The Hall–Kier alpha value is -3.35. The van der Waals surface area contributed by atoms with E-state index in [0.717, 1.165) is 5.56 Å². The van der Waals surface area contributed by atoms with Gasteiger partial charge >= 0.3 is 5.76 Å². The second-order valence-electron chi connectivity index (χ2n) is 7.62. The number of hydrogen-bond donors (Lipinski definition) is 2. The molecule has 3 aromatic rings. The number of hydrogen-bond acceptors (Lipinski definition) is 6. The number of nitrogens with zero attached hydrogens (tertiary/aromatic N) is 1. The van der Waals surface area contributed by atoms with Gasteiger partial charge in [-0.2, -0.15) is 0 Å². The Morgan fingerprint density at radius 2 is 1.76 bits per heavy atom. The van der Waals surface area contributed by atoms with Crippen molar-refractivity contribution < 1.29 is 19.0 Å². The molecule has 0 bridgehead atoms. The summed E-state index contributed by atoms with van der Waals surface area (Å²) in [5, 5.41) is 11.3. The molecule has 1 aliphatic heterocycles. The molecule has 2 aromatic carbocycles. The highest BCUT2D eigenvalue weighted by Gasteiger charge is 2.34. The molecule has 0 fully saturated rings. The summed E-state index contributed by atoms with van der Waals surface area (Å²) in [4.78, 5) is 12.5. The second-order valence-corrected chi connectivity index (χ2v) is 7.62. The normalized spacial score (nSPS) is 15.4. The lowest BCUT2D eigenvalue weighted by molar-refractivity contribution is 0.192. The van der Waals surface area contributed by atoms with Crippen molar-refractivity contribution in [2.75, 3.05) is 5.73 Å². The van der Waals surface area contributed by atoms with Crippen LogP contribution < -0.4 is 21.0 Å². The largest absolute Gasteiger partial charge is 0.504 e. The number of nitrogens with two attached hydrogens (primary N) is 1. The highest BCUT2D eigenvalue weighted by molar-refractivity contribution is 5.93. The van der Waals surface area contributed by atoms with E-state index in [1.807, 2.05) is 52.0 Å². The van der Waals surface area contributed by atoms with Crippen molar-refractivity contribution in [1.29, 1.82) is 0 Å². The smallest absolute Gasteiger partial charge is 0.424 e. The topological polar surface area (TPSA) is 99.8 Å². The van der Waals surface area contributed by atoms with Crippen LogP contribution in [-0.2, 0) is 0 Å². The first-order valence-corrected chi connectivity index (χ1v) is 9.59. The predicted molar refractivity (Wildman–Crippen MR) is 112 cm³/mol. The Balaban J connectivity index is 2.09. The second kappa shape index (κ2) is 6.92. The molecule has 0 radical (unpaired) electrons. The third kappa shape index (κ3) is 3.03. The summed E-state index contributed by atoms with van der Waals surface area (Å²) >= 11 is 0. The molecule has 0 saturated heterocycles. The van der Waals surface area contributed by atoms with E-state index in [1.165, 1.54) is 4.57 Å². The number of anilines is 1. The summed E-state index contributed by atoms with van der Waals surface area (Å²) in [6, 6.07) is 7.43. The molecule has 3 N–H and O–H groups in total. The van der Waals surface area contributed by atoms with Crippen LogP contribution in [0.15, 0.2) is 39.6 Å². The summed E-state index contributed by atoms with van der Waals surface area (Å²) in [6.07, 6.45) is 3.01. The van der Waals surface area contributed by atoms with Crippen molar-refractivity contribution in [3.05, 3.63) is 52.0 Å². The molecular weight excluding hydrogens is 372 g/mol. The van der Waals surface area contributed by atoms with Crippen molar-refractivity contribution >= 4 is 23.0 Å². The molecule has 1 aromatic heterocycles. The monoisotopic (exact) mass is 396 g/mol. The number of nitrogen functional groups attached to an aromatic ring is 1. The molecule has 0 spiro atoms. The van der Waals surface area contributed by atoms with E-state index in [2.05, 4.69) is 0 Å². The molecule has 1 unspecified atom stereocenters. The minimum atomic E-state index is -0.563. The number of aromatic nitrogens is 1. The van der Waals surface area contributed by atoms with Crippen LogP contribution in [0.25, 0.3) is 17.3 Å². The first-order valence-electron chi connectivity index (χ1n) is 9.59. The highest BCUT2D eigenvalue weighted by Crippen LogP contribution is 2.52. The summed E-state index contributed by atoms with van der Waals surface area (Å²) < 4.78 is 18.7. The average Bonchev–Trinajstić information content (AvgIpc) is 2.99. The standard InChI is InChI=1S/C22H24N2O5/c1-11(2)27-20-18(25)16-14(13-7-5-6-8-15(13)23)9-10-24-17(16)19(29-22(24)26)21(20)28-12(3)4/h5-12,14,25H,23H2,1-4H3. The van der Waals surface area contributed by atoms with Gasteiger partial charge in [-0.1, -0.05) is 24.3 Å². The maximum absolute atomic E-state index is 12.5. The summed E-state index contributed by atoms with van der Waals surface area (Å²) in [7, 11) is 0. The Morgan fingerprint density at radius 1 is 1.10 bits per heavy atom. The third-order valence-electron chi connectivity index (χ3n) is 4.76. The fourth-order valence-electron chi connectivity index (χ4n) is 3.68. The Labute approximate surface area is 168 Å². The molecule has 1 atom stereocenters. The lowest BCUT2D eigenvalue weighted by atomic mass is 9.87. The highest BCUT2D eigenvalue weighted by atomic mass is 16.5. The third-order valence-corrected chi connectivity index (χ3v) is 4.76. The Morgan fingerprint density at radius 3 is 2.41 bits per heavy atom. The van der Waals surface area contributed by atoms with Gasteiger partial charge in [-0.25, -0.2) is 9.36 Å². The molecule has 7 heteroatoms. The molecule has 29 heavy (non-hydrogen) atoms. The zero-order valence-corrected chi connectivity index (χ0v) is 16.8. The number of benzene rings is 2. The average molecular weight is 396 g/mol. The van der Waals surface area contributed by atoms with Crippen molar-refractivity contribution in [3.63, 3.8) is 0 Å². The van der Waals surface area contributed by atoms with Gasteiger partial charge in [0, 0.05) is 23.4 Å². The molecule has 0 aliphatic carbocycles. The molecule has 152 valence electrons. The van der Waals surface area contributed by atoms with Crippen molar-refractivity contribution in [3.8, 4) is 17.2 Å². The van der Waals surface area contributed by atoms with E-state index < -0.39 is 5.76 Å². The van der Waals surface area contributed by atoms with Gasteiger partial charge in [-0.3, -0.25) is 0 Å². The van der Waals surface area contributed by atoms with Crippen LogP contribution in [0, 0.1) is 0 Å². The SMILES string of the molecule is CC(C)Oc1c(O)c2c3c(oc(=O)n3C=CC2c2ccccc2N)c1OC(C)C. The molecular formula is C22H24N2O5. The Kier molecular flexibility index (Phi) is 4.53. The number of rotatable bonds is 5. The van der Waals surface area contributed by atoms with Crippen LogP contribution in [0.5, 0.6) is 17.2 Å². The van der Waals surface area contributed by atoms with E-state index in [9.17, 15) is 9.90 Å². The van der Waals surface area contributed by atoms with Gasteiger partial charge in [0.05, 0.1) is 12.2 Å². The van der Waals surface area contributed by atoms with E-state index in [1.54, 1.807) is 12.3 Å². The number of aromatic hydroxyl groups is 1. The van der Waals surface area contributed by atoms with Crippen LogP contribution in [0.4, 0.5) is 5.69 Å². The fourth-order valence-corrected chi connectivity index (χ4v) is 3.68. The van der Waals surface area contributed by atoms with E-state index in [0.29, 0.717) is 16.8 Å². The maximum atomic E-state index is 12.5. The van der Waals surface area contributed by atoms with Gasteiger partial charge in [-0.05, 0) is 39.3 Å². The molecule has 0 amide bonds. The van der Waals surface area contributed by atoms with Gasteiger partial charge in [-0.15, -0.1) is 0 Å². The molecule has 4 rings (SSSR count). The minimum absolute atomic E-state index is 0.0889. The van der Waals surface area contributed by atoms with E-state index in [4.69, 9.17) is 19.6 Å². The van der Waals surface area contributed by atoms with Crippen molar-refractivity contribution in [2.45, 2.75) is 45.8 Å². The number of phenols is 1. The quantitative estimate of drug-likeness (QED) is 0.631. The number of phenolic OH excluding ortho intramolecular Hbond substituents is 1. The first-order chi connectivity index (χ1) is 13.8. The Bertz CT molecular complexity index is 1170. The van der Waals surface area contributed by atoms with E-state index in [-0.39, 0.29) is 41.0 Å². The summed E-state index contributed by atoms with van der Waals surface area (Å²) in [6.45, 7) is 7.40. The lowest BCUT2D eigenvalue weighted by Crippen LogP contribution is -2.16. The number of para-hydroxylation sites is 1. The van der Waals surface area contributed by atoms with Crippen LogP contribution in [0.1, 0.15) is 44.7 Å². The van der Waals surface area contributed by atoms with Crippen LogP contribution in [0.2, 0.25) is 0 Å². The predicted octanol–water partition coefficient (Wildman–Crippen LogP) is 4.07. The first kappa shape index (κ1) is 19.0. The minimum Gasteiger partial charge on any atom is -0.504 e. The maximum Gasteiger partial charge on any atom is 0.424 e. The van der Waals surface area contributed by atoms with Crippen LogP contribution >= 0.6 is 0 Å². The van der Waals surface area contributed by atoms with Gasteiger partial charge < -0.3 is 24.7 Å². The molecule has 7 nitrogen and oxygen atoms in total. The van der Waals surface area contributed by atoms with Gasteiger partial charge in [0.25, 0.3) is 0 Å². The zero-order chi connectivity index (χ0) is 20.9. The molecule has 1 aliphatic rings. The van der Waals surface area contributed by atoms with E-state index >= 15 is 0 Å². The van der Waals surface area contributed by atoms with Crippen LogP contribution in [-0.4, -0.2) is 21.9 Å². The molecule has 2 heterocycles. The van der Waals surface area contributed by atoms with Gasteiger partial charge in [0.15, 0.2) is 5.75 Å².